The molecule has 1 aliphatic rings. The van der Waals surface area contributed by atoms with Crippen molar-refractivity contribution in [2.24, 2.45) is 5.41 Å². The summed E-state index contributed by atoms with van der Waals surface area (Å²) < 4.78 is 0. The molecule has 1 N–H and O–H groups in total. The van der Waals surface area contributed by atoms with Gasteiger partial charge in [0.05, 0.1) is 6.61 Å². The molecule has 1 nitrogen and oxygen atoms in total. The van der Waals surface area contributed by atoms with Crippen LogP contribution in [0.2, 0.25) is 0 Å². The van der Waals surface area contributed by atoms with Crippen molar-refractivity contribution in [3.63, 3.8) is 0 Å². The van der Waals surface area contributed by atoms with Gasteiger partial charge in [-0.25, -0.2) is 0 Å². The van der Waals surface area contributed by atoms with Gasteiger partial charge in [-0.05, 0) is 70.4 Å². The Morgan fingerprint density at radius 2 is 1.32 bits per heavy atom. The fraction of sp³-hybridized carbons (Fsp3) is 0.400. The number of hydrogen-bond donors (Lipinski definition) is 1. The van der Waals surface area contributed by atoms with Gasteiger partial charge in [0.2, 0.25) is 0 Å². The van der Waals surface area contributed by atoms with Gasteiger partial charge >= 0.3 is 0 Å². The first-order chi connectivity index (χ1) is 14.7. The van der Waals surface area contributed by atoms with Gasteiger partial charge in [0.25, 0.3) is 0 Å². The monoisotopic (exact) mass is 418 g/mol. The molecule has 1 aliphatic carbocycles. The van der Waals surface area contributed by atoms with Crippen LogP contribution in [0.15, 0.2) is 106 Å². The summed E-state index contributed by atoms with van der Waals surface area (Å²) in [6.07, 6.45) is 29.0. The van der Waals surface area contributed by atoms with Crippen molar-refractivity contribution in [1.29, 1.82) is 0 Å². The van der Waals surface area contributed by atoms with Crippen LogP contribution in [0.25, 0.3) is 0 Å². The largest absolute Gasteiger partial charge is 0.392 e. The molecule has 0 aromatic carbocycles. The predicted octanol–water partition coefficient (Wildman–Crippen LogP) is 8.52. The van der Waals surface area contributed by atoms with Crippen molar-refractivity contribution in [1.82, 2.24) is 0 Å². The SMILES string of the molecule is CC(=C/C=C/C(C)=C/C=C/C=C(C)/C=C/C=C(C)/C=C/C1=C(C)CCCC1(C)C)CO. The van der Waals surface area contributed by atoms with Crippen LogP contribution in [0.4, 0.5) is 0 Å². The van der Waals surface area contributed by atoms with E-state index in [0.29, 0.717) is 0 Å². The summed E-state index contributed by atoms with van der Waals surface area (Å²) in [7, 11) is 0. The molecule has 0 amide bonds. The van der Waals surface area contributed by atoms with Gasteiger partial charge in [-0.2, -0.15) is 0 Å². The summed E-state index contributed by atoms with van der Waals surface area (Å²) in [6.45, 7) is 15.3. The van der Waals surface area contributed by atoms with E-state index in [4.69, 9.17) is 5.11 Å². The molecule has 1 heteroatoms. The maximum absolute atomic E-state index is 8.98. The smallest absolute Gasteiger partial charge is 0.0642 e. The van der Waals surface area contributed by atoms with Crippen LogP contribution in [0.5, 0.6) is 0 Å². The van der Waals surface area contributed by atoms with E-state index in [1.54, 1.807) is 0 Å². The number of rotatable bonds is 9. The van der Waals surface area contributed by atoms with Gasteiger partial charge in [0, 0.05) is 0 Å². The third kappa shape index (κ3) is 11.0. The average molecular weight is 419 g/mol. The van der Waals surface area contributed by atoms with E-state index in [1.807, 2.05) is 31.2 Å². The van der Waals surface area contributed by atoms with Crippen LogP contribution in [-0.4, -0.2) is 11.7 Å². The Kier molecular flexibility index (Phi) is 11.9. The molecule has 1 rings (SSSR count). The molecule has 0 saturated heterocycles. The Labute approximate surface area is 191 Å². The summed E-state index contributed by atoms with van der Waals surface area (Å²) in [4.78, 5) is 0. The molecule has 31 heavy (non-hydrogen) atoms. The van der Waals surface area contributed by atoms with Crippen molar-refractivity contribution >= 4 is 0 Å². The lowest BCUT2D eigenvalue weighted by atomic mass is 9.72. The first kappa shape index (κ1) is 26.7. The van der Waals surface area contributed by atoms with Crippen molar-refractivity contribution in [2.75, 3.05) is 6.61 Å². The molecule has 0 aromatic heterocycles. The molecule has 0 radical (unpaired) electrons. The van der Waals surface area contributed by atoms with Gasteiger partial charge in [0.1, 0.15) is 0 Å². The van der Waals surface area contributed by atoms with E-state index >= 15 is 0 Å². The third-order valence-electron chi connectivity index (χ3n) is 5.59. The lowest BCUT2D eigenvalue weighted by molar-refractivity contribution is 0.331. The van der Waals surface area contributed by atoms with Crippen LogP contribution in [0.1, 0.15) is 67.7 Å². The molecule has 0 fully saturated rings. The predicted molar refractivity (Wildman–Crippen MR) is 139 cm³/mol. The van der Waals surface area contributed by atoms with Gasteiger partial charge in [-0.1, -0.05) is 109 Å². The van der Waals surface area contributed by atoms with Crippen LogP contribution < -0.4 is 0 Å². The fourth-order valence-corrected chi connectivity index (χ4v) is 3.58. The van der Waals surface area contributed by atoms with E-state index in [1.165, 1.54) is 41.6 Å². The number of aliphatic hydroxyl groups is 1. The van der Waals surface area contributed by atoms with Crippen LogP contribution in [0.3, 0.4) is 0 Å². The van der Waals surface area contributed by atoms with Crippen molar-refractivity contribution in [2.45, 2.75) is 67.7 Å². The Morgan fingerprint density at radius 1 is 0.806 bits per heavy atom. The van der Waals surface area contributed by atoms with Crippen LogP contribution in [-0.2, 0) is 0 Å². The van der Waals surface area contributed by atoms with Crippen molar-refractivity contribution in [3.8, 4) is 0 Å². The highest BCUT2D eigenvalue weighted by atomic mass is 16.3. The molecule has 0 spiro atoms. The quantitative estimate of drug-likeness (QED) is 0.372. The molecule has 0 atom stereocenters. The molecule has 0 heterocycles. The minimum Gasteiger partial charge on any atom is -0.392 e. The summed E-state index contributed by atoms with van der Waals surface area (Å²) in [5.41, 5.74) is 7.92. The molecule has 168 valence electrons. The highest BCUT2D eigenvalue weighted by Gasteiger charge is 2.26. The van der Waals surface area contributed by atoms with E-state index < -0.39 is 0 Å². The molecule has 0 bridgehead atoms. The third-order valence-corrected chi connectivity index (χ3v) is 5.59. The highest BCUT2D eigenvalue weighted by molar-refractivity contribution is 5.37. The summed E-state index contributed by atoms with van der Waals surface area (Å²) in [5.74, 6) is 0. The zero-order valence-corrected chi connectivity index (χ0v) is 20.7. The summed E-state index contributed by atoms with van der Waals surface area (Å²) >= 11 is 0. The second-order valence-corrected chi connectivity index (χ2v) is 9.27. The zero-order valence-electron chi connectivity index (χ0n) is 20.7. The van der Waals surface area contributed by atoms with Gasteiger partial charge in [0.15, 0.2) is 0 Å². The lowest BCUT2D eigenvalue weighted by Gasteiger charge is -2.32. The average Bonchev–Trinajstić information content (AvgIpc) is 2.70. The van der Waals surface area contributed by atoms with E-state index in [-0.39, 0.29) is 12.0 Å². The molecule has 0 aromatic rings. The summed E-state index contributed by atoms with van der Waals surface area (Å²) in [5, 5.41) is 8.98. The fourth-order valence-electron chi connectivity index (χ4n) is 3.58. The maximum Gasteiger partial charge on any atom is 0.0642 e. The zero-order chi connectivity index (χ0) is 23.3. The summed E-state index contributed by atoms with van der Waals surface area (Å²) in [6, 6.07) is 0. The van der Waals surface area contributed by atoms with E-state index in [0.717, 1.165) is 11.1 Å². The van der Waals surface area contributed by atoms with Gasteiger partial charge in [-0.15, -0.1) is 0 Å². The molecular weight excluding hydrogens is 376 g/mol. The Morgan fingerprint density at radius 3 is 1.87 bits per heavy atom. The molecular formula is C30H42O. The standard InChI is InChI=1S/C30H42O/c1-24(13-8-9-14-25(2)16-11-18-27(4)23-31)15-10-17-26(3)20-21-29-28(5)19-12-22-30(29,6)7/h8-11,13-18,20-21,31H,12,19,22-23H2,1-7H3/b9-8+,15-10+,16-11+,21-20+,24-13+,25-14+,26-17+,27-18?. The maximum atomic E-state index is 8.98. The van der Waals surface area contributed by atoms with Crippen LogP contribution >= 0.6 is 0 Å². The van der Waals surface area contributed by atoms with Crippen molar-refractivity contribution in [3.05, 3.63) is 106 Å². The van der Waals surface area contributed by atoms with Crippen molar-refractivity contribution < 1.29 is 5.11 Å². The number of hydrogen-bond acceptors (Lipinski definition) is 1. The van der Waals surface area contributed by atoms with Crippen LogP contribution in [0, 0.1) is 5.41 Å². The second-order valence-electron chi connectivity index (χ2n) is 9.27. The lowest BCUT2D eigenvalue weighted by Crippen LogP contribution is -2.19. The van der Waals surface area contributed by atoms with E-state index in [9.17, 15) is 0 Å². The first-order valence-corrected chi connectivity index (χ1v) is 11.4. The van der Waals surface area contributed by atoms with Gasteiger partial charge in [-0.3, -0.25) is 0 Å². The highest BCUT2D eigenvalue weighted by Crippen LogP contribution is 2.40. The molecule has 0 unspecified atom stereocenters. The molecule has 0 aliphatic heterocycles. The molecule has 0 saturated carbocycles. The minimum absolute atomic E-state index is 0.103. The van der Waals surface area contributed by atoms with E-state index in [2.05, 4.69) is 90.2 Å². The second kappa shape index (κ2) is 13.8. The number of allylic oxidation sites excluding steroid dienone is 17. The topological polar surface area (TPSA) is 20.2 Å². The minimum atomic E-state index is 0.103. The first-order valence-electron chi connectivity index (χ1n) is 11.4. The Balaban J connectivity index is 2.64. The Hall–Kier alpha value is -2.38. The normalized spacial score (nSPS) is 19.7. The van der Waals surface area contributed by atoms with Gasteiger partial charge < -0.3 is 5.11 Å². The Bertz CT molecular complexity index is 858. The number of aliphatic hydroxyl groups excluding tert-OH is 1.